The molecule has 0 unspecified atom stereocenters. The molecule has 0 saturated heterocycles. The minimum Gasteiger partial charge on any atom is -0.374 e. The van der Waals surface area contributed by atoms with E-state index < -0.39 is 8.80 Å². The van der Waals surface area contributed by atoms with Gasteiger partial charge >= 0.3 is 8.80 Å². The Bertz CT molecular complexity index is 173. The van der Waals surface area contributed by atoms with Gasteiger partial charge in [-0.2, -0.15) is 0 Å². The maximum Gasteiger partial charge on any atom is 0.500 e. The van der Waals surface area contributed by atoms with E-state index in [2.05, 4.69) is 0 Å². The van der Waals surface area contributed by atoms with Crippen LogP contribution in [-0.4, -0.2) is 35.2 Å². The van der Waals surface area contributed by atoms with Crippen molar-refractivity contribution in [3.63, 3.8) is 0 Å². The Morgan fingerprint density at radius 1 is 0.684 bits per heavy atom. The second-order valence-corrected chi connectivity index (χ2v) is 7.29. The zero-order valence-electron chi connectivity index (χ0n) is 12.9. The maximum atomic E-state index is 10.3. The Labute approximate surface area is 119 Å². The van der Waals surface area contributed by atoms with Gasteiger partial charge in [0, 0.05) is 25.9 Å². The highest BCUT2D eigenvalue weighted by atomic mass is 28.4. The Balaban J connectivity index is 3.89. The molecule has 19 heavy (non-hydrogen) atoms. The molecule has 0 aliphatic rings. The lowest BCUT2D eigenvalue weighted by Crippen LogP contribution is -2.45. The Morgan fingerprint density at radius 2 is 1.11 bits per heavy atom. The summed E-state index contributed by atoms with van der Waals surface area (Å²) in [7, 11) is -2.42. The molecule has 1 radical (unpaired) electrons. The van der Waals surface area contributed by atoms with Gasteiger partial charge in [-0.3, -0.25) is 0 Å². The highest BCUT2D eigenvalue weighted by Gasteiger charge is 2.39. The lowest BCUT2D eigenvalue weighted by atomic mass is 10.1. The molecule has 0 spiro atoms. The molecule has 0 heterocycles. The van der Waals surface area contributed by atoms with Crippen molar-refractivity contribution in [2.45, 2.75) is 65.3 Å². The highest BCUT2D eigenvalue weighted by Crippen LogP contribution is 2.20. The van der Waals surface area contributed by atoms with Gasteiger partial charge in [0.05, 0.1) is 6.61 Å². The molecular weight excluding hydrogens is 260 g/mol. The standard InChI is InChI=1S/C14H31O4Si/c1-4-16-19(17-5-2,18-6-3)14-12-10-8-7-9-11-13-15/h4-14H2,1-3H3. The quantitative estimate of drug-likeness (QED) is 0.361. The van der Waals surface area contributed by atoms with Gasteiger partial charge in [0.15, 0.2) is 0 Å². The lowest BCUT2D eigenvalue weighted by Gasteiger charge is -2.28. The van der Waals surface area contributed by atoms with E-state index in [1.807, 2.05) is 20.8 Å². The van der Waals surface area contributed by atoms with Crippen molar-refractivity contribution in [1.82, 2.24) is 0 Å². The van der Waals surface area contributed by atoms with Crippen LogP contribution in [0.2, 0.25) is 6.04 Å². The fraction of sp³-hybridized carbons (Fsp3) is 1.00. The normalized spacial score (nSPS) is 12.0. The van der Waals surface area contributed by atoms with Crippen molar-refractivity contribution < 1.29 is 18.4 Å². The molecule has 115 valence electrons. The summed E-state index contributed by atoms with van der Waals surface area (Å²) in [6.45, 7) is 7.98. The monoisotopic (exact) mass is 291 g/mol. The minimum absolute atomic E-state index is 0.0645. The number of hydrogen-bond donors (Lipinski definition) is 0. The number of unbranched alkanes of at least 4 members (excludes halogenated alkanes) is 5. The molecule has 0 bridgehead atoms. The molecule has 0 aliphatic carbocycles. The molecule has 5 heteroatoms. The van der Waals surface area contributed by atoms with E-state index >= 15 is 0 Å². The van der Waals surface area contributed by atoms with Crippen LogP contribution in [0.15, 0.2) is 0 Å². The Kier molecular flexibility index (Phi) is 13.1. The van der Waals surface area contributed by atoms with Crippen LogP contribution < -0.4 is 0 Å². The van der Waals surface area contributed by atoms with E-state index in [0.717, 1.165) is 31.7 Å². The zero-order chi connectivity index (χ0) is 14.4. The number of rotatable bonds is 14. The van der Waals surface area contributed by atoms with E-state index in [1.165, 1.54) is 12.8 Å². The summed E-state index contributed by atoms with van der Waals surface area (Å²) in [6.07, 6.45) is 6.48. The fourth-order valence-electron chi connectivity index (χ4n) is 2.15. The molecular formula is C14H31O4Si. The summed E-state index contributed by atoms with van der Waals surface area (Å²) in [5.74, 6) is 0. The van der Waals surface area contributed by atoms with Crippen molar-refractivity contribution in [2.24, 2.45) is 0 Å². The summed E-state index contributed by atoms with van der Waals surface area (Å²) < 4.78 is 17.4. The van der Waals surface area contributed by atoms with E-state index in [9.17, 15) is 5.11 Å². The van der Waals surface area contributed by atoms with Gasteiger partial charge in [0.2, 0.25) is 0 Å². The third-order valence-electron chi connectivity index (χ3n) is 2.97. The predicted molar refractivity (Wildman–Crippen MR) is 78.7 cm³/mol. The van der Waals surface area contributed by atoms with Crippen LogP contribution >= 0.6 is 0 Å². The van der Waals surface area contributed by atoms with Crippen molar-refractivity contribution in [3.8, 4) is 0 Å². The Morgan fingerprint density at radius 3 is 1.53 bits per heavy atom. The first-order valence-electron chi connectivity index (χ1n) is 7.74. The van der Waals surface area contributed by atoms with Gasteiger partial charge in [-0.1, -0.05) is 25.7 Å². The molecule has 0 rings (SSSR count). The maximum absolute atomic E-state index is 10.3. The topological polar surface area (TPSA) is 47.6 Å². The molecule has 0 amide bonds. The Hall–Kier alpha value is 0.0569. The molecule has 0 saturated carbocycles. The average molecular weight is 291 g/mol. The van der Waals surface area contributed by atoms with Crippen LogP contribution in [0.3, 0.4) is 0 Å². The van der Waals surface area contributed by atoms with Crippen molar-refractivity contribution in [3.05, 3.63) is 0 Å². The molecule has 0 aromatic carbocycles. The zero-order valence-corrected chi connectivity index (χ0v) is 13.9. The third-order valence-corrected chi connectivity index (χ3v) is 6.12. The average Bonchev–Trinajstić information content (AvgIpc) is 2.39. The number of hydrogen-bond acceptors (Lipinski definition) is 3. The second kappa shape index (κ2) is 13.1. The molecule has 0 N–H and O–H groups in total. The van der Waals surface area contributed by atoms with Crippen molar-refractivity contribution in [2.75, 3.05) is 26.4 Å². The molecule has 0 atom stereocenters. The largest absolute Gasteiger partial charge is 0.500 e. The van der Waals surface area contributed by atoms with Crippen LogP contribution in [0.5, 0.6) is 0 Å². The summed E-state index contributed by atoms with van der Waals surface area (Å²) in [5.41, 5.74) is 0. The first-order valence-corrected chi connectivity index (χ1v) is 9.67. The molecule has 4 nitrogen and oxygen atoms in total. The van der Waals surface area contributed by atoms with Gasteiger partial charge in [0.25, 0.3) is 0 Å². The fourth-order valence-corrected chi connectivity index (χ4v) is 4.84. The van der Waals surface area contributed by atoms with Crippen LogP contribution in [0.25, 0.3) is 0 Å². The first kappa shape index (κ1) is 19.1. The third kappa shape index (κ3) is 9.57. The van der Waals surface area contributed by atoms with Crippen LogP contribution in [-0.2, 0) is 18.4 Å². The van der Waals surface area contributed by atoms with Crippen LogP contribution in [0.1, 0.15) is 59.3 Å². The molecule has 0 aliphatic heterocycles. The van der Waals surface area contributed by atoms with E-state index in [-0.39, 0.29) is 6.61 Å². The van der Waals surface area contributed by atoms with Crippen LogP contribution in [0.4, 0.5) is 0 Å². The van der Waals surface area contributed by atoms with Crippen LogP contribution in [0, 0.1) is 0 Å². The first-order chi connectivity index (χ1) is 9.24. The summed E-state index contributed by atoms with van der Waals surface area (Å²) in [6, 6.07) is 0.907. The van der Waals surface area contributed by atoms with Gasteiger partial charge < -0.3 is 13.3 Å². The smallest absolute Gasteiger partial charge is 0.374 e. The molecule has 0 fully saturated rings. The van der Waals surface area contributed by atoms with Gasteiger partial charge in [-0.15, -0.1) is 0 Å². The van der Waals surface area contributed by atoms with E-state index in [1.54, 1.807) is 0 Å². The summed E-state index contributed by atoms with van der Waals surface area (Å²) >= 11 is 0. The summed E-state index contributed by atoms with van der Waals surface area (Å²) in [4.78, 5) is 0. The van der Waals surface area contributed by atoms with E-state index in [4.69, 9.17) is 13.3 Å². The highest BCUT2D eigenvalue weighted by molar-refractivity contribution is 6.60. The molecule has 0 aromatic rings. The van der Waals surface area contributed by atoms with Crippen molar-refractivity contribution >= 4 is 8.80 Å². The second-order valence-electron chi connectivity index (χ2n) is 4.56. The van der Waals surface area contributed by atoms with E-state index in [0.29, 0.717) is 19.8 Å². The SMILES string of the molecule is CCO[Si](CCCCCCCC[O])(OCC)OCC. The minimum atomic E-state index is -2.42. The van der Waals surface area contributed by atoms with Gasteiger partial charge in [-0.25, -0.2) is 5.11 Å². The molecule has 0 aromatic heterocycles. The predicted octanol–water partition coefficient (Wildman–Crippen LogP) is 3.81. The van der Waals surface area contributed by atoms with Crippen molar-refractivity contribution in [1.29, 1.82) is 0 Å². The summed E-state index contributed by atoms with van der Waals surface area (Å²) in [5, 5.41) is 10.3. The van der Waals surface area contributed by atoms with Gasteiger partial charge in [-0.05, 0) is 33.6 Å². The lowest BCUT2D eigenvalue weighted by molar-refractivity contribution is 0.0706. The van der Waals surface area contributed by atoms with Gasteiger partial charge in [0.1, 0.15) is 0 Å².